The zero-order valence-corrected chi connectivity index (χ0v) is 9.26. The van der Waals surface area contributed by atoms with Crippen LogP contribution in [0.1, 0.15) is 18.4 Å². The number of fused-ring (bicyclic) bond motifs is 1. The lowest BCUT2D eigenvalue weighted by molar-refractivity contribution is -0.139. The van der Waals surface area contributed by atoms with E-state index in [9.17, 15) is 9.90 Å². The van der Waals surface area contributed by atoms with Gasteiger partial charge in [-0.05, 0) is 37.3 Å². The molecule has 2 aliphatic heterocycles. The molecule has 16 heavy (non-hydrogen) atoms. The molecule has 0 radical (unpaired) electrons. The SMILES string of the molecule is Cc1ccccc1N1C2CC(C2)C1C(=O)O. The van der Waals surface area contributed by atoms with E-state index in [4.69, 9.17) is 0 Å². The van der Waals surface area contributed by atoms with Gasteiger partial charge < -0.3 is 10.0 Å². The van der Waals surface area contributed by atoms with E-state index in [1.54, 1.807) is 0 Å². The number of carboxylic acids is 1. The number of hydrogen-bond donors (Lipinski definition) is 1. The third-order valence-electron chi connectivity index (χ3n) is 3.94. The Morgan fingerprint density at radius 1 is 1.38 bits per heavy atom. The normalized spacial score (nSPS) is 31.3. The number of benzene rings is 1. The van der Waals surface area contributed by atoms with Crippen molar-refractivity contribution in [2.24, 2.45) is 5.92 Å². The summed E-state index contributed by atoms with van der Waals surface area (Å²) in [6.45, 7) is 2.05. The number of nitrogens with zero attached hydrogens (tertiary/aromatic N) is 1. The maximum Gasteiger partial charge on any atom is 0.326 e. The van der Waals surface area contributed by atoms with Crippen LogP contribution in [-0.4, -0.2) is 23.2 Å². The summed E-state index contributed by atoms with van der Waals surface area (Å²) >= 11 is 0. The van der Waals surface area contributed by atoms with Crippen molar-refractivity contribution in [3.05, 3.63) is 29.8 Å². The summed E-state index contributed by atoms with van der Waals surface area (Å²) < 4.78 is 0. The fourth-order valence-corrected chi connectivity index (χ4v) is 3.09. The van der Waals surface area contributed by atoms with Gasteiger partial charge in [-0.3, -0.25) is 0 Å². The van der Waals surface area contributed by atoms with Crippen LogP contribution in [0.4, 0.5) is 5.69 Å². The van der Waals surface area contributed by atoms with E-state index in [2.05, 4.69) is 4.90 Å². The van der Waals surface area contributed by atoms with Gasteiger partial charge in [0.2, 0.25) is 0 Å². The highest BCUT2D eigenvalue weighted by Crippen LogP contribution is 2.48. The highest BCUT2D eigenvalue weighted by molar-refractivity contribution is 5.81. The van der Waals surface area contributed by atoms with Gasteiger partial charge in [-0.1, -0.05) is 18.2 Å². The predicted octanol–water partition coefficient (Wildman–Crippen LogP) is 2.05. The molecule has 1 N–H and O–H groups in total. The average molecular weight is 217 g/mol. The molecule has 1 atom stereocenters. The highest BCUT2D eigenvalue weighted by Gasteiger charge is 2.54. The Labute approximate surface area is 94.7 Å². The van der Waals surface area contributed by atoms with Crippen molar-refractivity contribution in [3.8, 4) is 0 Å². The summed E-state index contributed by atoms with van der Waals surface area (Å²) in [6.07, 6.45) is 2.09. The summed E-state index contributed by atoms with van der Waals surface area (Å²) in [5.74, 6) is -0.310. The minimum atomic E-state index is -0.673. The lowest BCUT2D eigenvalue weighted by Crippen LogP contribution is -2.37. The van der Waals surface area contributed by atoms with Gasteiger partial charge in [0, 0.05) is 11.7 Å². The molecule has 4 rings (SSSR count). The molecule has 0 aromatic heterocycles. The van der Waals surface area contributed by atoms with Gasteiger partial charge in [-0.15, -0.1) is 0 Å². The third-order valence-corrected chi connectivity index (χ3v) is 3.94. The van der Waals surface area contributed by atoms with Crippen molar-refractivity contribution in [2.75, 3.05) is 4.90 Å². The predicted molar refractivity (Wildman–Crippen MR) is 61.6 cm³/mol. The van der Waals surface area contributed by atoms with Crippen LogP contribution in [0.3, 0.4) is 0 Å². The molecular formula is C13H15NO2. The van der Waals surface area contributed by atoms with Crippen LogP contribution in [0, 0.1) is 12.8 Å². The first-order chi connectivity index (χ1) is 7.68. The molecule has 0 amide bonds. The molecule has 1 aromatic rings. The zero-order chi connectivity index (χ0) is 11.3. The molecule has 2 heterocycles. The summed E-state index contributed by atoms with van der Waals surface area (Å²) in [5.41, 5.74) is 2.27. The lowest BCUT2D eigenvalue weighted by Gasteiger charge is -2.28. The van der Waals surface area contributed by atoms with Gasteiger partial charge >= 0.3 is 5.97 Å². The Kier molecular flexibility index (Phi) is 1.96. The molecule has 0 spiro atoms. The van der Waals surface area contributed by atoms with Gasteiger partial charge in [0.05, 0.1) is 0 Å². The quantitative estimate of drug-likeness (QED) is 0.824. The van der Waals surface area contributed by atoms with Crippen molar-refractivity contribution in [1.29, 1.82) is 0 Å². The van der Waals surface area contributed by atoms with Crippen LogP contribution in [0.5, 0.6) is 0 Å². The molecule has 2 bridgehead atoms. The summed E-state index contributed by atoms with van der Waals surface area (Å²) in [6, 6.07) is 8.21. The van der Waals surface area contributed by atoms with E-state index in [0.717, 1.165) is 18.5 Å². The number of carboxylic acid groups (broad SMARTS) is 1. The first-order valence-electron chi connectivity index (χ1n) is 5.75. The maximum atomic E-state index is 11.3. The van der Waals surface area contributed by atoms with Gasteiger partial charge in [-0.2, -0.15) is 0 Å². The summed E-state index contributed by atoms with van der Waals surface area (Å²) in [5, 5.41) is 9.29. The number of hydrogen-bond acceptors (Lipinski definition) is 2. The highest BCUT2D eigenvalue weighted by atomic mass is 16.4. The van der Waals surface area contributed by atoms with E-state index >= 15 is 0 Å². The fourth-order valence-electron chi connectivity index (χ4n) is 3.09. The summed E-state index contributed by atoms with van der Waals surface area (Å²) in [7, 11) is 0. The second-order valence-corrected chi connectivity index (χ2v) is 4.86. The maximum absolute atomic E-state index is 11.3. The molecule has 1 unspecified atom stereocenters. The topological polar surface area (TPSA) is 40.5 Å². The molecule has 1 aromatic carbocycles. The van der Waals surface area contributed by atoms with Crippen molar-refractivity contribution in [1.82, 2.24) is 0 Å². The van der Waals surface area contributed by atoms with Crippen LogP contribution in [0.25, 0.3) is 0 Å². The number of aryl methyl sites for hydroxylation is 1. The van der Waals surface area contributed by atoms with Crippen LogP contribution < -0.4 is 4.90 Å². The minimum Gasteiger partial charge on any atom is -0.480 e. The van der Waals surface area contributed by atoms with E-state index in [-0.39, 0.29) is 6.04 Å². The Balaban J connectivity index is 2.01. The Morgan fingerprint density at radius 3 is 2.69 bits per heavy atom. The van der Waals surface area contributed by atoms with E-state index in [1.807, 2.05) is 31.2 Å². The monoisotopic (exact) mass is 217 g/mol. The molecule has 84 valence electrons. The number of carbonyl (C=O) groups is 1. The second-order valence-electron chi connectivity index (χ2n) is 4.86. The van der Waals surface area contributed by atoms with Crippen molar-refractivity contribution in [3.63, 3.8) is 0 Å². The number of aliphatic carboxylic acids is 1. The van der Waals surface area contributed by atoms with Gasteiger partial charge in [0.15, 0.2) is 0 Å². The third kappa shape index (κ3) is 1.17. The van der Waals surface area contributed by atoms with Gasteiger partial charge in [0.25, 0.3) is 0 Å². The fraction of sp³-hybridized carbons (Fsp3) is 0.462. The average Bonchev–Trinajstić information content (AvgIpc) is 2.71. The molecule has 3 fully saturated rings. The smallest absolute Gasteiger partial charge is 0.326 e. The Hall–Kier alpha value is -1.51. The second kappa shape index (κ2) is 3.24. The van der Waals surface area contributed by atoms with Crippen LogP contribution in [0.2, 0.25) is 0 Å². The van der Waals surface area contributed by atoms with E-state index in [1.165, 1.54) is 5.56 Å². The molecule has 1 saturated carbocycles. The molecule has 1 aliphatic carbocycles. The van der Waals surface area contributed by atoms with Crippen LogP contribution in [-0.2, 0) is 4.79 Å². The first-order valence-corrected chi connectivity index (χ1v) is 5.75. The van der Waals surface area contributed by atoms with Crippen molar-refractivity contribution in [2.45, 2.75) is 31.8 Å². The van der Waals surface area contributed by atoms with Crippen LogP contribution in [0.15, 0.2) is 24.3 Å². The van der Waals surface area contributed by atoms with E-state index < -0.39 is 5.97 Å². The van der Waals surface area contributed by atoms with E-state index in [0.29, 0.717) is 12.0 Å². The van der Waals surface area contributed by atoms with Gasteiger partial charge in [-0.25, -0.2) is 4.79 Å². The molecule has 3 nitrogen and oxygen atoms in total. The van der Waals surface area contributed by atoms with Crippen molar-refractivity contribution < 1.29 is 9.90 Å². The zero-order valence-electron chi connectivity index (χ0n) is 9.26. The minimum absolute atomic E-state index is 0.300. The first kappa shape index (κ1) is 9.70. The van der Waals surface area contributed by atoms with Crippen molar-refractivity contribution >= 4 is 11.7 Å². The van der Waals surface area contributed by atoms with Gasteiger partial charge in [0.1, 0.15) is 6.04 Å². The number of rotatable bonds is 2. The molecule has 3 heteroatoms. The van der Waals surface area contributed by atoms with Crippen LogP contribution >= 0.6 is 0 Å². The number of para-hydroxylation sites is 1. The largest absolute Gasteiger partial charge is 0.480 e. The Bertz CT molecular complexity index is 437. The number of anilines is 1. The lowest BCUT2D eigenvalue weighted by atomic mass is 9.83. The molecule has 3 aliphatic rings. The Morgan fingerprint density at radius 2 is 2.06 bits per heavy atom. The molecule has 2 saturated heterocycles. The standard InChI is InChI=1S/C13H15NO2/c1-8-4-2-3-5-11(8)14-10-6-9(7-10)12(14)13(15)16/h2-5,9-10,12H,6-7H2,1H3,(H,15,16). The summed E-state index contributed by atoms with van der Waals surface area (Å²) in [4.78, 5) is 13.4. The molecular weight excluding hydrogens is 202 g/mol.